The van der Waals surface area contributed by atoms with Crippen molar-refractivity contribution < 1.29 is 19.1 Å². The standard InChI is InChI=1S/C20H24N4O4/c1-13(2)23(10-15-4-5-18-19(8-15)28-12-27-18)20(26)17-9-16-11-22(14(3)25)6-7-24(16)21-17/h4-5,8-9,13H,6-7,10-12H2,1-3H3. The Hall–Kier alpha value is -3.03. The van der Waals surface area contributed by atoms with Crippen molar-refractivity contribution in [2.45, 2.75) is 46.4 Å². The number of rotatable bonds is 4. The fourth-order valence-electron chi connectivity index (χ4n) is 3.51. The molecule has 0 atom stereocenters. The van der Waals surface area contributed by atoms with E-state index in [4.69, 9.17) is 9.47 Å². The van der Waals surface area contributed by atoms with Gasteiger partial charge in [-0.3, -0.25) is 14.3 Å². The molecule has 4 rings (SSSR count). The molecule has 2 amide bonds. The van der Waals surface area contributed by atoms with Gasteiger partial charge in [-0.1, -0.05) is 6.07 Å². The number of hydrogen-bond acceptors (Lipinski definition) is 5. The predicted octanol–water partition coefficient (Wildman–Crippen LogP) is 2.02. The molecule has 0 bridgehead atoms. The van der Waals surface area contributed by atoms with E-state index in [0.717, 1.165) is 17.0 Å². The minimum absolute atomic E-state index is 0.00497. The highest BCUT2D eigenvalue weighted by Crippen LogP contribution is 2.33. The molecule has 0 fully saturated rings. The Kier molecular flexibility index (Phi) is 4.70. The summed E-state index contributed by atoms with van der Waals surface area (Å²) >= 11 is 0. The Bertz CT molecular complexity index is 921. The van der Waals surface area contributed by atoms with E-state index in [1.165, 1.54) is 0 Å². The highest BCUT2D eigenvalue weighted by atomic mass is 16.7. The summed E-state index contributed by atoms with van der Waals surface area (Å²) in [4.78, 5) is 28.4. The Morgan fingerprint density at radius 2 is 1.96 bits per heavy atom. The molecule has 148 valence electrons. The molecule has 3 heterocycles. The van der Waals surface area contributed by atoms with Crippen molar-refractivity contribution in [1.29, 1.82) is 0 Å². The van der Waals surface area contributed by atoms with Gasteiger partial charge < -0.3 is 19.3 Å². The van der Waals surface area contributed by atoms with Gasteiger partial charge in [0.05, 0.1) is 18.8 Å². The summed E-state index contributed by atoms with van der Waals surface area (Å²) in [6.07, 6.45) is 0. The maximum Gasteiger partial charge on any atom is 0.274 e. The Balaban J connectivity index is 1.54. The lowest BCUT2D eigenvalue weighted by Crippen LogP contribution is -2.37. The highest BCUT2D eigenvalue weighted by Gasteiger charge is 2.26. The Labute approximate surface area is 163 Å². The first-order chi connectivity index (χ1) is 13.4. The van der Waals surface area contributed by atoms with E-state index in [-0.39, 0.29) is 24.6 Å². The summed E-state index contributed by atoms with van der Waals surface area (Å²) in [6.45, 7) is 7.91. The average Bonchev–Trinajstić information content (AvgIpc) is 3.30. The Morgan fingerprint density at radius 1 is 1.18 bits per heavy atom. The molecule has 2 aromatic rings. The summed E-state index contributed by atoms with van der Waals surface area (Å²) in [7, 11) is 0. The second kappa shape index (κ2) is 7.18. The van der Waals surface area contributed by atoms with Crippen LogP contribution in [0.25, 0.3) is 0 Å². The van der Waals surface area contributed by atoms with Crippen LogP contribution in [0.15, 0.2) is 24.3 Å². The van der Waals surface area contributed by atoms with Gasteiger partial charge in [-0.15, -0.1) is 0 Å². The van der Waals surface area contributed by atoms with Gasteiger partial charge in [0, 0.05) is 26.1 Å². The van der Waals surface area contributed by atoms with Gasteiger partial charge in [-0.2, -0.15) is 5.10 Å². The van der Waals surface area contributed by atoms with Gasteiger partial charge in [0.15, 0.2) is 17.2 Å². The van der Waals surface area contributed by atoms with Crippen LogP contribution in [0.1, 0.15) is 42.5 Å². The normalized spacial score (nSPS) is 14.9. The maximum absolute atomic E-state index is 13.2. The van der Waals surface area contributed by atoms with Crippen LogP contribution in [-0.4, -0.2) is 50.8 Å². The molecule has 8 nitrogen and oxygen atoms in total. The maximum atomic E-state index is 13.2. The zero-order chi connectivity index (χ0) is 19.8. The minimum atomic E-state index is -0.121. The molecule has 0 saturated heterocycles. The predicted molar refractivity (Wildman–Crippen MR) is 101 cm³/mol. The summed E-state index contributed by atoms with van der Waals surface area (Å²) < 4.78 is 12.6. The molecule has 2 aliphatic heterocycles. The molecule has 0 radical (unpaired) electrons. The van der Waals surface area contributed by atoms with E-state index in [2.05, 4.69) is 5.10 Å². The van der Waals surface area contributed by atoms with Crippen molar-refractivity contribution in [1.82, 2.24) is 19.6 Å². The van der Waals surface area contributed by atoms with Crippen LogP contribution < -0.4 is 9.47 Å². The van der Waals surface area contributed by atoms with Crippen molar-refractivity contribution in [3.8, 4) is 11.5 Å². The van der Waals surface area contributed by atoms with Crippen LogP contribution in [0.5, 0.6) is 11.5 Å². The molecule has 0 saturated carbocycles. The fourth-order valence-corrected chi connectivity index (χ4v) is 3.51. The van der Waals surface area contributed by atoms with Crippen molar-refractivity contribution in [3.63, 3.8) is 0 Å². The number of fused-ring (bicyclic) bond motifs is 2. The second-order valence-corrected chi connectivity index (χ2v) is 7.40. The van der Waals surface area contributed by atoms with Crippen LogP contribution in [0.2, 0.25) is 0 Å². The van der Waals surface area contributed by atoms with Crippen LogP contribution in [0.3, 0.4) is 0 Å². The lowest BCUT2D eigenvalue weighted by molar-refractivity contribution is -0.130. The van der Waals surface area contributed by atoms with Crippen LogP contribution in [0.4, 0.5) is 0 Å². The number of ether oxygens (including phenoxy) is 2. The van der Waals surface area contributed by atoms with Crippen LogP contribution >= 0.6 is 0 Å². The van der Waals surface area contributed by atoms with E-state index < -0.39 is 0 Å². The number of benzene rings is 1. The lowest BCUT2D eigenvalue weighted by Gasteiger charge is -2.26. The molecule has 28 heavy (non-hydrogen) atoms. The van der Waals surface area contributed by atoms with E-state index in [1.807, 2.05) is 36.7 Å². The molecule has 1 aromatic heterocycles. The summed E-state index contributed by atoms with van der Waals surface area (Å²) in [5, 5.41) is 4.49. The van der Waals surface area contributed by atoms with Gasteiger partial charge in [0.25, 0.3) is 5.91 Å². The first-order valence-electron chi connectivity index (χ1n) is 9.44. The third-order valence-electron chi connectivity index (χ3n) is 5.14. The molecule has 0 N–H and O–H groups in total. The number of hydrogen-bond donors (Lipinski definition) is 0. The number of aromatic nitrogens is 2. The zero-order valence-corrected chi connectivity index (χ0v) is 16.3. The first-order valence-corrected chi connectivity index (χ1v) is 9.44. The van der Waals surface area contributed by atoms with E-state index in [1.54, 1.807) is 22.8 Å². The number of amides is 2. The first kappa shape index (κ1) is 18.3. The van der Waals surface area contributed by atoms with Crippen molar-refractivity contribution in [3.05, 3.63) is 41.2 Å². The summed E-state index contributed by atoms with van der Waals surface area (Å²) in [5.74, 6) is 1.34. The SMILES string of the molecule is CC(=O)N1CCn2nc(C(=O)N(Cc3ccc4c(c3)OCO4)C(C)C)cc2C1. The highest BCUT2D eigenvalue weighted by molar-refractivity contribution is 5.92. The largest absolute Gasteiger partial charge is 0.454 e. The summed E-state index contributed by atoms with van der Waals surface area (Å²) in [6, 6.07) is 7.52. The molecule has 0 unspecified atom stereocenters. The van der Waals surface area contributed by atoms with Gasteiger partial charge in [0.2, 0.25) is 12.7 Å². The molecule has 8 heteroatoms. The molecular formula is C20H24N4O4. The topological polar surface area (TPSA) is 76.9 Å². The van der Waals surface area contributed by atoms with Gasteiger partial charge in [-0.05, 0) is 37.6 Å². The second-order valence-electron chi connectivity index (χ2n) is 7.40. The molecule has 0 aliphatic carbocycles. The van der Waals surface area contributed by atoms with Crippen LogP contribution in [-0.2, 0) is 24.4 Å². The Morgan fingerprint density at radius 3 is 2.71 bits per heavy atom. The minimum Gasteiger partial charge on any atom is -0.454 e. The van der Waals surface area contributed by atoms with Crippen molar-refractivity contribution in [2.75, 3.05) is 13.3 Å². The van der Waals surface area contributed by atoms with Crippen LogP contribution in [0, 0.1) is 0 Å². The monoisotopic (exact) mass is 384 g/mol. The van der Waals surface area contributed by atoms with Crippen molar-refractivity contribution in [2.24, 2.45) is 0 Å². The average molecular weight is 384 g/mol. The number of carbonyl (C=O) groups excluding carboxylic acids is 2. The third kappa shape index (κ3) is 3.42. The molecule has 2 aliphatic rings. The van der Waals surface area contributed by atoms with E-state index in [0.29, 0.717) is 37.6 Å². The van der Waals surface area contributed by atoms with Crippen molar-refractivity contribution >= 4 is 11.8 Å². The smallest absolute Gasteiger partial charge is 0.274 e. The number of nitrogens with zero attached hydrogens (tertiary/aromatic N) is 4. The number of carbonyl (C=O) groups is 2. The van der Waals surface area contributed by atoms with Gasteiger partial charge in [-0.25, -0.2) is 0 Å². The molecular weight excluding hydrogens is 360 g/mol. The third-order valence-corrected chi connectivity index (χ3v) is 5.14. The zero-order valence-electron chi connectivity index (χ0n) is 16.3. The van der Waals surface area contributed by atoms with Gasteiger partial charge >= 0.3 is 0 Å². The van der Waals surface area contributed by atoms with Gasteiger partial charge in [0.1, 0.15) is 0 Å². The van der Waals surface area contributed by atoms with E-state index in [9.17, 15) is 9.59 Å². The molecule has 0 spiro atoms. The quantitative estimate of drug-likeness (QED) is 0.806. The summed E-state index contributed by atoms with van der Waals surface area (Å²) in [5.41, 5.74) is 2.27. The van der Waals surface area contributed by atoms with E-state index >= 15 is 0 Å². The fraction of sp³-hybridized carbons (Fsp3) is 0.450. The lowest BCUT2D eigenvalue weighted by atomic mass is 10.1. The molecule has 1 aromatic carbocycles.